The molecule has 12 nitrogen and oxygen atoms in total. The molecule has 3 N–H and O–H groups in total. The van der Waals surface area contributed by atoms with E-state index in [1.165, 1.54) is 0 Å². The van der Waals surface area contributed by atoms with Gasteiger partial charge in [-0.2, -0.15) is 0 Å². The lowest BCUT2D eigenvalue weighted by Crippen LogP contribution is -2.23. The van der Waals surface area contributed by atoms with E-state index in [1.807, 2.05) is 108 Å². The van der Waals surface area contributed by atoms with Gasteiger partial charge in [-0.25, -0.2) is 19.9 Å². The van der Waals surface area contributed by atoms with E-state index < -0.39 is 0 Å². The summed E-state index contributed by atoms with van der Waals surface area (Å²) >= 11 is 3.09. The number of imidazole rings is 2. The quantitative estimate of drug-likeness (QED) is 0.0725. The van der Waals surface area contributed by atoms with Crippen molar-refractivity contribution in [1.29, 1.82) is 0 Å². The number of thiazole rings is 2. The highest BCUT2D eigenvalue weighted by molar-refractivity contribution is 7.10. The number of amides is 2. The third kappa shape index (κ3) is 11.9. The molecule has 0 aliphatic heterocycles. The van der Waals surface area contributed by atoms with Gasteiger partial charge in [0.2, 0.25) is 0 Å². The first kappa shape index (κ1) is 42.7. The van der Waals surface area contributed by atoms with Crippen LogP contribution in [0.3, 0.4) is 0 Å². The summed E-state index contributed by atoms with van der Waals surface area (Å²) in [4.78, 5) is 46.4. The Bertz CT molecular complexity index is 2650. The maximum absolute atomic E-state index is 12.3. The van der Waals surface area contributed by atoms with Crippen molar-refractivity contribution in [3.8, 4) is 11.5 Å². The van der Waals surface area contributed by atoms with Gasteiger partial charge in [-0.05, 0) is 73.9 Å². The number of hydrogen-bond donors (Lipinski definition) is 3. The first-order chi connectivity index (χ1) is 29.8. The Morgan fingerprint density at radius 3 is 1.75 bits per heavy atom. The number of aromatic nitrogens is 6. The number of ether oxygens (including phenoxy) is 2. The molecule has 4 heterocycles. The van der Waals surface area contributed by atoms with Crippen molar-refractivity contribution in [1.82, 2.24) is 40.1 Å². The number of fused-ring (bicyclic) bond motifs is 2. The fourth-order valence-electron chi connectivity index (χ4n) is 6.79. The highest BCUT2D eigenvalue weighted by atomic mass is 32.1. The minimum absolute atomic E-state index is 0.124. The number of unbranched alkanes of at least 4 members (excludes halogenated alkanes) is 2. The molecule has 0 aliphatic carbocycles. The number of H-pyrrole nitrogens is 1. The van der Waals surface area contributed by atoms with Crippen LogP contribution in [0.25, 0.3) is 22.1 Å². The van der Waals surface area contributed by atoms with Crippen molar-refractivity contribution in [2.24, 2.45) is 7.05 Å². The molecular weight excluding hydrogens is 805 g/mol. The number of hydrogen-bond acceptors (Lipinski definition) is 10. The van der Waals surface area contributed by atoms with Gasteiger partial charge in [-0.3, -0.25) is 9.59 Å². The molecule has 0 saturated heterocycles. The zero-order chi connectivity index (χ0) is 42.4. The van der Waals surface area contributed by atoms with Crippen molar-refractivity contribution < 1.29 is 19.1 Å². The first-order valence-electron chi connectivity index (χ1n) is 20.4. The van der Waals surface area contributed by atoms with Crippen LogP contribution < -0.4 is 20.1 Å². The third-order valence-electron chi connectivity index (χ3n) is 10.2. The topological polar surface area (TPSA) is 149 Å². The molecular formula is C47H50N8O4S2. The Labute approximate surface area is 363 Å². The molecule has 0 spiro atoms. The molecule has 2 amide bonds. The van der Waals surface area contributed by atoms with Crippen molar-refractivity contribution in [2.75, 3.05) is 14.2 Å². The first-order valence-corrected chi connectivity index (χ1v) is 22.2. The number of aromatic amines is 1. The van der Waals surface area contributed by atoms with E-state index in [0.717, 1.165) is 118 Å². The maximum atomic E-state index is 12.3. The number of benzene rings is 4. The van der Waals surface area contributed by atoms with Crippen LogP contribution in [0, 0.1) is 0 Å². The summed E-state index contributed by atoms with van der Waals surface area (Å²) in [6.45, 7) is 1.02. The molecule has 0 atom stereocenters. The summed E-state index contributed by atoms with van der Waals surface area (Å²) in [5.74, 6) is 3.46. The number of nitrogens with zero attached hydrogens (tertiary/aromatic N) is 5. The number of aryl methyl sites for hydroxylation is 5. The summed E-state index contributed by atoms with van der Waals surface area (Å²) < 4.78 is 12.7. The molecule has 0 bridgehead atoms. The van der Waals surface area contributed by atoms with Gasteiger partial charge < -0.3 is 29.7 Å². The number of carbonyl (C=O) groups excluding carboxylic acids is 2. The fraction of sp³-hybridized carbons (Fsp3) is 0.277. The van der Waals surface area contributed by atoms with Crippen LogP contribution in [0.2, 0.25) is 0 Å². The summed E-state index contributed by atoms with van der Waals surface area (Å²) in [6, 6.07) is 31.6. The molecule has 0 radical (unpaired) electrons. The summed E-state index contributed by atoms with van der Waals surface area (Å²) in [6.07, 6.45) is 7.55. The monoisotopic (exact) mass is 854 g/mol. The van der Waals surface area contributed by atoms with Crippen LogP contribution in [-0.2, 0) is 45.8 Å². The predicted molar refractivity (Wildman–Crippen MR) is 243 cm³/mol. The smallest absolute Gasteiger partial charge is 0.271 e. The van der Waals surface area contributed by atoms with Gasteiger partial charge in [0.15, 0.2) is 0 Å². The van der Waals surface area contributed by atoms with Gasteiger partial charge in [0.1, 0.15) is 34.5 Å². The van der Waals surface area contributed by atoms with Crippen LogP contribution in [-0.4, -0.2) is 55.5 Å². The Kier molecular flexibility index (Phi) is 14.9. The normalized spacial score (nSPS) is 11.0. The SMILES string of the molecule is COc1ccc2c(c1)nc(CCCCc1nc(C(=O)NCc3ccccc3)cs1)n2C.COc1ccc2nc(CCCCc3nc(C(=O)NCc4ccccc4)cs3)[nH]c2c1. The molecule has 4 aromatic heterocycles. The zero-order valence-corrected chi connectivity index (χ0v) is 36.3. The number of methoxy groups -OCH3 is 2. The van der Waals surface area contributed by atoms with Gasteiger partial charge >= 0.3 is 0 Å². The molecule has 8 rings (SSSR count). The van der Waals surface area contributed by atoms with E-state index in [1.54, 1.807) is 36.9 Å². The summed E-state index contributed by atoms with van der Waals surface area (Å²) in [5.41, 5.74) is 7.17. The second kappa shape index (κ2) is 21.2. The lowest BCUT2D eigenvalue weighted by Gasteiger charge is -2.03. The van der Waals surface area contributed by atoms with E-state index in [4.69, 9.17) is 14.5 Å². The second-order valence-electron chi connectivity index (χ2n) is 14.5. The standard InChI is InChI=1S/C24H26N4O2S.C23H24N4O2S/c1-28-21-13-12-18(30-2)14-19(21)26-22(28)10-6-7-11-23-27-20(16-31-23)24(29)25-15-17-8-4-3-5-9-17;1-29-17-11-12-18-19(13-17)26-21(25-18)9-5-6-10-22-27-20(15-30-22)23(28)24-14-16-7-3-2-4-8-16/h3-5,8-9,12-14,16H,6-7,10-11,15H2,1-2H3,(H,25,29);2-4,7-8,11-13,15H,5-6,9-10,14H2,1H3,(H,24,28)(H,25,26). The molecule has 0 aliphatic rings. The number of nitrogens with one attached hydrogen (secondary N) is 3. The lowest BCUT2D eigenvalue weighted by atomic mass is 10.2. The Morgan fingerprint density at radius 2 is 1.16 bits per heavy atom. The molecule has 0 unspecified atom stereocenters. The number of carbonyl (C=O) groups is 2. The highest BCUT2D eigenvalue weighted by Crippen LogP contribution is 2.23. The Hall–Kier alpha value is -6.38. The molecule has 4 aromatic carbocycles. The van der Waals surface area contributed by atoms with E-state index in [2.05, 4.69) is 42.2 Å². The minimum atomic E-state index is -0.126. The second-order valence-corrected chi connectivity index (χ2v) is 16.4. The number of rotatable bonds is 18. The third-order valence-corrected chi connectivity index (χ3v) is 12.0. The van der Waals surface area contributed by atoms with Crippen molar-refractivity contribution in [3.05, 3.63) is 152 Å². The van der Waals surface area contributed by atoms with Crippen molar-refractivity contribution >= 4 is 56.6 Å². The highest BCUT2D eigenvalue weighted by Gasteiger charge is 2.13. The van der Waals surface area contributed by atoms with Crippen LogP contribution in [0.5, 0.6) is 11.5 Å². The van der Waals surface area contributed by atoms with Gasteiger partial charge in [0, 0.05) is 55.9 Å². The Morgan fingerprint density at radius 1 is 0.623 bits per heavy atom. The zero-order valence-electron chi connectivity index (χ0n) is 34.6. The minimum Gasteiger partial charge on any atom is -0.497 e. The fourth-order valence-corrected chi connectivity index (χ4v) is 8.43. The van der Waals surface area contributed by atoms with Crippen molar-refractivity contribution in [3.63, 3.8) is 0 Å². The molecule has 61 heavy (non-hydrogen) atoms. The van der Waals surface area contributed by atoms with Crippen molar-refractivity contribution in [2.45, 2.75) is 64.5 Å². The largest absolute Gasteiger partial charge is 0.497 e. The van der Waals surface area contributed by atoms with E-state index in [0.29, 0.717) is 24.5 Å². The average molecular weight is 855 g/mol. The Balaban J connectivity index is 0.000000184. The maximum Gasteiger partial charge on any atom is 0.271 e. The van der Waals surface area contributed by atoms with E-state index in [-0.39, 0.29) is 11.8 Å². The van der Waals surface area contributed by atoms with Gasteiger partial charge in [0.25, 0.3) is 11.8 Å². The summed E-state index contributed by atoms with van der Waals surface area (Å²) in [7, 11) is 5.38. The van der Waals surface area contributed by atoms with Crippen LogP contribution in [0.15, 0.2) is 108 Å². The molecule has 314 valence electrons. The van der Waals surface area contributed by atoms with E-state index >= 15 is 0 Å². The van der Waals surface area contributed by atoms with E-state index in [9.17, 15) is 9.59 Å². The molecule has 0 fully saturated rings. The molecule has 8 aromatic rings. The summed E-state index contributed by atoms with van der Waals surface area (Å²) in [5, 5.41) is 11.5. The van der Waals surface area contributed by atoms with Crippen LogP contribution in [0.1, 0.15) is 79.5 Å². The predicted octanol–water partition coefficient (Wildman–Crippen LogP) is 9.06. The average Bonchev–Trinajstić information content (AvgIpc) is 4.12. The van der Waals surface area contributed by atoms with Crippen LogP contribution in [0.4, 0.5) is 0 Å². The van der Waals surface area contributed by atoms with Gasteiger partial charge in [-0.1, -0.05) is 60.7 Å². The molecule has 0 saturated carbocycles. The van der Waals surface area contributed by atoms with Gasteiger partial charge in [-0.15, -0.1) is 22.7 Å². The van der Waals surface area contributed by atoms with Crippen LogP contribution >= 0.6 is 22.7 Å². The van der Waals surface area contributed by atoms with Gasteiger partial charge in [0.05, 0.1) is 46.3 Å². The lowest BCUT2D eigenvalue weighted by molar-refractivity contribution is 0.0938. The molecule has 14 heteroatoms.